The molecule has 0 radical (unpaired) electrons. The van der Waals surface area contributed by atoms with Crippen molar-refractivity contribution < 1.29 is 23.9 Å². The summed E-state index contributed by atoms with van der Waals surface area (Å²) in [6.07, 6.45) is 0.860. The van der Waals surface area contributed by atoms with Crippen LogP contribution in [0.25, 0.3) is 0 Å². The number of barbiturate groups is 1. The van der Waals surface area contributed by atoms with Crippen molar-refractivity contribution >= 4 is 23.6 Å². The second-order valence-corrected chi connectivity index (χ2v) is 8.82. The fourth-order valence-corrected chi connectivity index (χ4v) is 4.82. The quantitative estimate of drug-likeness (QED) is 0.714. The van der Waals surface area contributed by atoms with Gasteiger partial charge in [-0.05, 0) is 25.3 Å². The molecule has 0 N–H and O–H groups in total. The standard InChI is InChI=1S/C23H26N2O5/c1-5-24-20(27)19(21(28)25(6-2)22(24)29)17-13-9-7-8-10-15(13)30-16-12-23(3,4)11-14(26)18(16)17/h7-10,17,19H,5-6,11-12H2,1-4H3. The molecular formula is C23H26N2O5. The van der Waals surface area contributed by atoms with Gasteiger partial charge in [-0.1, -0.05) is 32.0 Å². The van der Waals surface area contributed by atoms with Crippen molar-refractivity contribution in [2.45, 2.75) is 46.5 Å². The number of ketones is 1. The van der Waals surface area contributed by atoms with E-state index in [0.29, 0.717) is 35.5 Å². The predicted molar refractivity (Wildman–Crippen MR) is 109 cm³/mol. The number of carbonyl (C=O) groups is 4. The number of allylic oxidation sites excluding steroid dienone is 2. The third kappa shape index (κ3) is 2.95. The lowest BCUT2D eigenvalue weighted by Crippen LogP contribution is -2.61. The first kappa shape index (κ1) is 20.3. The van der Waals surface area contributed by atoms with E-state index in [1.807, 2.05) is 19.9 Å². The van der Waals surface area contributed by atoms with Gasteiger partial charge in [0.25, 0.3) is 0 Å². The van der Waals surface area contributed by atoms with Crippen molar-refractivity contribution in [1.29, 1.82) is 0 Å². The summed E-state index contributed by atoms with van der Waals surface area (Å²) in [4.78, 5) is 54.7. The number of fused-ring (bicyclic) bond motifs is 1. The van der Waals surface area contributed by atoms with E-state index in [1.165, 1.54) is 0 Å². The Kier molecular flexibility index (Phi) is 4.79. The molecule has 2 aliphatic heterocycles. The lowest BCUT2D eigenvalue weighted by molar-refractivity contribution is -0.149. The molecule has 0 spiro atoms. The van der Waals surface area contributed by atoms with Gasteiger partial charge < -0.3 is 4.74 Å². The van der Waals surface area contributed by atoms with Crippen LogP contribution in [-0.4, -0.2) is 46.5 Å². The molecule has 1 saturated heterocycles. The molecule has 1 fully saturated rings. The third-order valence-corrected chi connectivity index (χ3v) is 6.17. The molecule has 1 unspecified atom stereocenters. The molecule has 158 valence electrons. The average molecular weight is 410 g/mol. The van der Waals surface area contributed by atoms with Gasteiger partial charge in [-0.3, -0.25) is 24.2 Å². The Balaban J connectivity index is 1.91. The highest BCUT2D eigenvalue weighted by Gasteiger charge is 2.53. The zero-order valence-electron chi connectivity index (χ0n) is 17.7. The van der Waals surface area contributed by atoms with Crippen LogP contribution in [-0.2, 0) is 14.4 Å². The van der Waals surface area contributed by atoms with E-state index in [9.17, 15) is 19.2 Å². The molecule has 7 nitrogen and oxygen atoms in total. The van der Waals surface area contributed by atoms with Gasteiger partial charge in [0.05, 0.1) is 0 Å². The van der Waals surface area contributed by atoms with Crippen molar-refractivity contribution in [1.82, 2.24) is 9.80 Å². The average Bonchev–Trinajstić information content (AvgIpc) is 2.67. The number of Topliss-reactive ketones (excluding diaryl/α,β-unsaturated/α-hetero) is 1. The number of carbonyl (C=O) groups excluding carboxylic acids is 4. The van der Waals surface area contributed by atoms with Gasteiger partial charge in [-0.25, -0.2) is 4.79 Å². The largest absolute Gasteiger partial charge is 0.461 e. The molecule has 1 aliphatic carbocycles. The molecule has 0 saturated carbocycles. The maximum Gasteiger partial charge on any atom is 0.333 e. The molecule has 4 rings (SSSR count). The first-order valence-corrected chi connectivity index (χ1v) is 10.4. The molecule has 2 heterocycles. The van der Waals surface area contributed by atoms with E-state index in [-0.39, 0.29) is 24.3 Å². The molecule has 1 aromatic rings. The molecule has 0 bridgehead atoms. The zero-order chi connectivity index (χ0) is 21.8. The third-order valence-electron chi connectivity index (χ3n) is 6.17. The Labute approximate surface area is 175 Å². The Hall–Kier alpha value is -2.96. The van der Waals surface area contributed by atoms with E-state index < -0.39 is 29.7 Å². The molecule has 1 atom stereocenters. The van der Waals surface area contributed by atoms with Crippen molar-refractivity contribution in [3.8, 4) is 5.75 Å². The molecular weight excluding hydrogens is 384 g/mol. The summed E-state index contributed by atoms with van der Waals surface area (Å²) in [5.74, 6) is -2.05. The molecule has 0 aromatic heterocycles. The van der Waals surface area contributed by atoms with Crippen LogP contribution in [0.4, 0.5) is 4.79 Å². The normalized spacial score (nSPS) is 24.1. The van der Waals surface area contributed by atoms with Crippen LogP contribution < -0.4 is 4.74 Å². The highest BCUT2D eigenvalue weighted by atomic mass is 16.5. The van der Waals surface area contributed by atoms with Crippen LogP contribution in [0, 0.1) is 11.3 Å². The number of nitrogens with zero attached hydrogens (tertiary/aromatic N) is 2. The minimum atomic E-state index is -1.16. The maximum atomic E-state index is 13.3. The van der Waals surface area contributed by atoms with Crippen LogP contribution in [0.1, 0.15) is 52.0 Å². The molecule has 30 heavy (non-hydrogen) atoms. The number of benzene rings is 1. The first-order valence-electron chi connectivity index (χ1n) is 10.4. The smallest absolute Gasteiger partial charge is 0.333 e. The number of urea groups is 1. The number of hydrogen-bond donors (Lipinski definition) is 0. The highest BCUT2D eigenvalue weighted by molar-refractivity contribution is 6.17. The Morgan fingerprint density at radius 3 is 2.13 bits per heavy atom. The zero-order valence-corrected chi connectivity index (χ0v) is 17.7. The van der Waals surface area contributed by atoms with Crippen LogP contribution in [0.3, 0.4) is 0 Å². The summed E-state index contributed by atoms with van der Waals surface area (Å²) < 4.78 is 6.10. The number of rotatable bonds is 3. The minimum Gasteiger partial charge on any atom is -0.461 e. The van der Waals surface area contributed by atoms with Gasteiger partial charge in [-0.15, -0.1) is 0 Å². The van der Waals surface area contributed by atoms with Crippen LogP contribution in [0.2, 0.25) is 0 Å². The SMILES string of the molecule is CCN1C(=O)C(C2C3=C(CC(C)(C)CC3=O)Oc3ccccc32)C(=O)N(CC)C1=O. The number of para-hydroxylation sites is 1. The van der Waals surface area contributed by atoms with E-state index in [4.69, 9.17) is 4.74 Å². The topological polar surface area (TPSA) is 84.0 Å². The van der Waals surface area contributed by atoms with Crippen molar-refractivity contribution in [2.24, 2.45) is 11.3 Å². The van der Waals surface area contributed by atoms with Crippen molar-refractivity contribution in [3.63, 3.8) is 0 Å². The fraction of sp³-hybridized carbons (Fsp3) is 0.478. The summed E-state index contributed by atoms with van der Waals surface area (Å²) in [7, 11) is 0. The molecule has 1 aromatic carbocycles. The monoisotopic (exact) mass is 410 g/mol. The van der Waals surface area contributed by atoms with Crippen LogP contribution in [0.15, 0.2) is 35.6 Å². The second-order valence-electron chi connectivity index (χ2n) is 8.82. The van der Waals surface area contributed by atoms with Gasteiger partial charge in [-0.2, -0.15) is 0 Å². The fourth-order valence-electron chi connectivity index (χ4n) is 4.82. The first-order chi connectivity index (χ1) is 14.2. The lowest BCUT2D eigenvalue weighted by Gasteiger charge is -2.43. The van der Waals surface area contributed by atoms with E-state index in [1.54, 1.807) is 32.0 Å². The van der Waals surface area contributed by atoms with E-state index in [2.05, 4.69) is 0 Å². The van der Waals surface area contributed by atoms with Crippen LogP contribution in [0.5, 0.6) is 5.75 Å². The van der Waals surface area contributed by atoms with Gasteiger partial charge in [0.15, 0.2) is 5.78 Å². The van der Waals surface area contributed by atoms with Gasteiger partial charge in [0.1, 0.15) is 17.4 Å². The summed E-state index contributed by atoms with van der Waals surface area (Å²) in [5.41, 5.74) is 0.771. The van der Waals surface area contributed by atoms with Gasteiger partial charge in [0, 0.05) is 43.0 Å². The number of amides is 4. The molecule has 3 aliphatic rings. The summed E-state index contributed by atoms with van der Waals surface area (Å²) >= 11 is 0. The number of imide groups is 2. The van der Waals surface area contributed by atoms with Crippen LogP contribution >= 0.6 is 0 Å². The Bertz CT molecular complexity index is 967. The van der Waals surface area contributed by atoms with E-state index in [0.717, 1.165) is 9.80 Å². The predicted octanol–water partition coefficient (Wildman–Crippen LogP) is 3.25. The Morgan fingerprint density at radius 1 is 0.933 bits per heavy atom. The van der Waals surface area contributed by atoms with Crippen molar-refractivity contribution in [3.05, 3.63) is 41.2 Å². The maximum absolute atomic E-state index is 13.3. The summed E-state index contributed by atoms with van der Waals surface area (Å²) in [5, 5.41) is 0. The van der Waals surface area contributed by atoms with E-state index >= 15 is 0 Å². The lowest BCUT2D eigenvalue weighted by atomic mass is 9.67. The van der Waals surface area contributed by atoms with Gasteiger partial charge in [0.2, 0.25) is 11.8 Å². The minimum absolute atomic E-state index is 0.107. The summed E-state index contributed by atoms with van der Waals surface area (Å²) in [6.45, 7) is 7.73. The number of ether oxygens (including phenoxy) is 1. The second kappa shape index (κ2) is 7.07. The molecule has 7 heteroatoms. The highest BCUT2D eigenvalue weighted by Crippen LogP contribution is 2.51. The van der Waals surface area contributed by atoms with Crippen molar-refractivity contribution in [2.75, 3.05) is 13.1 Å². The number of hydrogen-bond acceptors (Lipinski definition) is 5. The Morgan fingerprint density at radius 2 is 1.53 bits per heavy atom. The molecule has 4 amide bonds. The summed E-state index contributed by atoms with van der Waals surface area (Å²) in [6, 6.07) is 6.60. The van der Waals surface area contributed by atoms with Gasteiger partial charge >= 0.3 is 6.03 Å².